The number of nitrogens with zero attached hydrogens (tertiary/aromatic N) is 3. The van der Waals surface area contributed by atoms with Crippen LogP contribution in [0.4, 0.5) is 4.79 Å². The molecule has 14 heteroatoms. The van der Waals surface area contributed by atoms with Gasteiger partial charge in [0.2, 0.25) is 23.6 Å². The number of benzene rings is 7. The van der Waals surface area contributed by atoms with E-state index in [1.54, 1.807) is 17.9 Å². The van der Waals surface area contributed by atoms with Crippen LogP contribution < -0.4 is 10.6 Å². The number of likely N-dealkylation sites (tertiary alicyclic amines) is 1. The van der Waals surface area contributed by atoms with E-state index in [-0.39, 0.29) is 31.3 Å². The van der Waals surface area contributed by atoms with E-state index in [1.165, 1.54) is 55.1 Å². The molecule has 7 aromatic carbocycles. The van der Waals surface area contributed by atoms with E-state index in [2.05, 4.69) is 22.8 Å². The summed E-state index contributed by atoms with van der Waals surface area (Å²) in [6.07, 6.45) is 10.6. The van der Waals surface area contributed by atoms with E-state index < -0.39 is 66.0 Å². The van der Waals surface area contributed by atoms with Crippen LogP contribution in [0, 0.1) is 0 Å². The standard InChI is InChI=1S/C75H82ClN5O8/c1-52(71(84)81-46-26-11-27-47-81)77-70(83)67(48-53-28-12-8-13-29-53)79(2)73(86)68(49-54-30-14-9-15-31-54)80(3)72(85)66(78-74(87)88-51-63-61-38-22-20-36-59(61)60-37-21-23-39-62(60)63)50-69(82)89-75(57-34-18-10-19-35-57,64-40-24-25-41-65(64)76)58-44-42-56(43-45-58)55-32-16-6-4-5-7-17-33-55/h8-10,12-15,18-25,28-31,34-45,52,55,63,66-68H,4-7,11,16-17,26-27,32-33,46-51H2,1-3H3,(H,77,83)(H,78,87)/t52-,66-,67-,68-,75?/m0/s1. The molecule has 10 rings (SSSR count). The highest BCUT2D eigenvalue weighted by Crippen LogP contribution is 2.46. The molecule has 1 saturated carbocycles. The van der Waals surface area contributed by atoms with Gasteiger partial charge >= 0.3 is 12.1 Å². The summed E-state index contributed by atoms with van der Waals surface area (Å²) >= 11 is 7.22. The number of hydrogen-bond acceptors (Lipinski definition) is 8. The van der Waals surface area contributed by atoms with Crippen molar-refractivity contribution in [2.24, 2.45) is 0 Å². The fraction of sp³-hybridized carbons (Fsp3) is 0.360. The molecule has 1 aliphatic heterocycles. The fourth-order valence-electron chi connectivity index (χ4n) is 13.4. The third-order valence-electron chi connectivity index (χ3n) is 18.3. The average molecular weight is 1220 g/mol. The number of hydrogen-bond donors (Lipinski definition) is 2. The minimum Gasteiger partial charge on any atom is -0.449 e. The van der Waals surface area contributed by atoms with Gasteiger partial charge in [0.05, 0.1) is 6.42 Å². The molecule has 7 aromatic rings. The number of piperidine rings is 1. The second kappa shape index (κ2) is 30.1. The van der Waals surface area contributed by atoms with Crippen LogP contribution in [-0.2, 0) is 51.9 Å². The van der Waals surface area contributed by atoms with Gasteiger partial charge in [-0.1, -0.05) is 232 Å². The van der Waals surface area contributed by atoms with Crippen molar-refractivity contribution in [1.29, 1.82) is 0 Å². The number of carbonyl (C=O) groups excluding carboxylic acids is 6. The number of esters is 1. The molecule has 0 spiro atoms. The summed E-state index contributed by atoms with van der Waals surface area (Å²) in [5.74, 6) is -2.96. The van der Waals surface area contributed by atoms with Crippen molar-refractivity contribution in [2.45, 2.75) is 138 Å². The summed E-state index contributed by atoms with van der Waals surface area (Å²) in [6.45, 7) is 2.77. The molecular weight excluding hydrogens is 1130 g/mol. The number of halogens is 1. The van der Waals surface area contributed by atoms with Crippen LogP contribution in [0.15, 0.2) is 188 Å². The Labute approximate surface area is 529 Å². The largest absolute Gasteiger partial charge is 0.449 e. The Kier molecular flexibility index (Phi) is 21.5. The second-order valence-corrected chi connectivity index (χ2v) is 24.6. The molecule has 1 unspecified atom stereocenters. The van der Waals surface area contributed by atoms with Gasteiger partial charge < -0.3 is 34.8 Å². The highest BCUT2D eigenvalue weighted by molar-refractivity contribution is 6.31. The Bertz CT molecular complexity index is 3490. The molecule has 5 atom stereocenters. The quantitative estimate of drug-likeness (QED) is 0.0532. The van der Waals surface area contributed by atoms with E-state index in [0.29, 0.717) is 46.3 Å². The van der Waals surface area contributed by atoms with Crippen molar-refractivity contribution in [2.75, 3.05) is 33.8 Å². The van der Waals surface area contributed by atoms with Gasteiger partial charge in [0.1, 0.15) is 30.8 Å². The number of rotatable bonds is 21. The first-order chi connectivity index (χ1) is 43.3. The van der Waals surface area contributed by atoms with Gasteiger partial charge in [-0.05, 0) is 90.0 Å². The van der Waals surface area contributed by atoms with Crippen LogP contribution in [0.3, 0.4) is 0 Å². The summed E-state index contributed by atoms with van der Waals surface area (Å²) in [5, 5.41) is 6.06. The maximum atomic E-state index is 15.8. The molecule has 2 fully saturated rings. The summed E-state index contributed by atoms with van der Waals surface area (Å²) in [4.78, 5) is 94.4. The SMILES string of the molecule is C[C@H](NC(=O)[C@H](Cc1ccccc1)N(C)C(=O)[C@H](Cc1ccccc1)N(C)C(=O)[C@H](CC(=O)OC(c1ccccc1)(c1ccc(C2CCCCCCCC2)cc1)c1ccccc1Cl)NC(=O)OCC1c2ccccc2-c2ccccc21)C(=O)N1CCCCC1. The van der Waals surface area contributed by atoms with E-state index in [9.17, 15) is 14.4 Å². The van der Waals surface area contributed by atoms with E-state index in [4.69, 9.17) is 21.1 Å². The summed E-state index contributed by atoms with van der Waals surface area (Å²) in [7, 11) is 2.98. The average Bonchev–Trinajstić information content (AvgIpc) is 2.13. The van der Waals surface area contributed by atoms with Gasteiger partial charge in [-0.2, -0.15) is 0 Å². The number of amides is 5. The number of ether oxygens (including phenoxy) is 2. The second-order valence-electron chi connectivity index (χ2n) is 24.2. The number of fused-ring (bicyclic) bond motifs is 3. The molecule has 0 bridgehead atoms. The van der Waals surface area contributed by atoms with E-state index in [1.807, 2.05) is 170 Å². The molecule has 2 aliphatic carbocycles. The van der Waals surface area contributed by atoms with Gasteiger partial charge in [-0.3, -0.25) is 24.0 Å². The molecule has 0 aromatic heterocycles. The Morgan fingerprint density at radius 3 is 1.65 bits per heavy atom. The van der Waals surface area contributed by atoms with E-state index in [0.717, 1.165) is 72.8 Å². The molecule has 2 N–H and O–H groups in total. The zero-order valence-corrected chi connectivity index (χ0v) is 52.1. The molecule has 89 heavy (non-hydrogen) atoms. The fourth-order valence-corrected chi connectivity index (χ4v) is 13.7. The molecule has 1 heterocycles. The van der Waals surface area contributed by atoms with E-state index >= 15 is 14.4 Å². The molecule has 462 valence electrons. The first kappa shape index (κ1) is 63.5. The Morgan fingerprint density at radius 1 is 0.562 bits per heavy atom. The number of alkyl carbamates (subject to hydrolysis) is 1. The first-order valence-corrected chi connectivity index (χ1v) is 32.1. The van der Waals surface area contributed by atoms with Crippen LogP contribution in [0.2, 0.25) is 5.02 Å². The maximum absolute atomic E-state index is 15.8. The lowest BCUT2D eigenvalue weighted by atomic mass is 9.78. The monoisotopic (exact) mass is 1220 g/mol. The lowest BCUT2D eigenvalue weighted by Gasteiger charge is -2.37. The van der Waals surface area contributed by atoms with Crippen LogP contribution in [0.5, 0.6) is 0 Å². The number of likely N-dealkylation sites (N-methyl/N-ethyl adjacent to an activating group) is 2. The third-order valence-corrected chi connectivity index (χ3v) is 18.6. The van der Waals surface area contributed by atoms with Gasteiger partial charge in [0, 0.05) is 67.7 Å². The third kappa shape index (κ3) is 15.1. The number of nitrogens with one attached hydrogen (secondary N) is 2. The Morgan fingerprint density at radius 2 is 1.06 bits per heavy atom. The minimum absolute atomic E-state index is 0.0155. The molecule has 0 radical (unpaired) electrons. The summed E-state index contributed by atoms with van der Waals surface area (Å²) in [5.41, 5.74) is 6.73. The molecular formula is C75H82ClN5O8. The van der Waals surface area contributed by atoms with Crippen LogP contribution in [0.1, 0.15) is 140 Å². The van der Waals surface area contributed by atoms with Gasteiger partial charge in [0.25, 0.3) is 0 Å². The smallest absolute Gasteiger partial charge is 0.407 e. The predicted molar refractivity (Wildman–Crippen MR) is 348 cm³/mol. The topological polar surface area (TPSA) is 155 Å². The van der Waals surface area contributed by atoms with Crippen molar-refractivity contribution in [3.63, 3.8) is 0 Å². The molecule has 13 nitrogen and oxygen atoms in total. The zero-order chi connectivity index (χ0) is 62.3. The van der Waals surface area contributed by atoms with Crippen LogP contribution >= 0.6 is 11.6 Å². The minimum atomic E-state index is -1.67. The number of carbonyl (C=O) groups is 6. The van der Waals surface area contributed by atoms with Crippen molar-refractivity contribution in [3.8, 4) is 11.1 Å². The predicted octanol–water partition coefficient (Wildman–Crippen LogP) is 13.3. The van der Waals surface area contributed by atoms with Gasteiger partial charge in [-0.15, -0.1) is 0 Å². The Balaban J connectivity index is 0.998. The van der Waals surface area contributed by atoms with Crippen molar-refractivity contribution >= 4 is 47.3 Å². The van der Waals surface area contributed by atoms with Crippen LogP contribution in [-0.4, -0.2) is 108 Å². The molecule has 5 amide bonds. The highest BCUT2D eigenvalue weighted by atomic mass is 35.5. The van der Waals surface area contributed by atoms with Crippen molar-refractivity contribution in [1.82, 2.24) is 25.3 Å². The highest BCUT2D eigenvalue weighted by Gasteiger charge is 2.45. The molecule has 3 aliphatic rings. The van der Waals surface area contributed by atoms with Crippen molar-refractivity contribution in [3.05, 3.63) is 238 Å². The maximum Gasteiger partial charge on any atom is 0.407 e. The Hall–Kier alpha value is -8.55. The summed E-state index contributed by atoms with van der Waals surface area (Å²) < 4.78 is 13.1. The van der Waals surface area contributed by atoms with Gasteiger partial charge in [0.15, 0.2) is 5.60 Å². The lowest BCUT2D eigenvalue weighted by Crippen LogP contribution is -2.60. The van der Waals surface area contributed by atoms with Crippen LogP contribution in [0.25, 0.3) is 11.1 Å². The normalized spacial score (nSPS) is 16.4. The zero-order valence-electron chi connectivity index (χ0n) is 51.4. The lowest BCUT2D eigenvalue weighted by molar-refractivity contribution is -0.156. The van der Waals surface area contributed by atoms with Gasteiger partial charge in [-0.25, -0.2) is 4.79 Å². The first-order valence-electron chi connectivity index (χ1n) is 31.7. The summed E-state index contributed by atoms with van der Waals surface area (Å²) in [6, 6.07) is 54.3. The van der Waals surface area contributed by atoms with Crippen molar-refractivity contribution < 1.29 is 38.2 Å². The molecule has 1 saturated heterocycles.